The van der Waals surface area contributed by atoms with E-state index < -0.39 is 17.6 Å². The highest BCUT2D eigenvalue weighted by molar-refractivity contribution is 6.07. The van der Waals surface area contributed by atoms with Crippen molar-refractivity contribution in [3.05, 3.63) is 35.9 Å². The standard InChI is InChI=1S/C24H34N4O4/c1-16(2)20(25-17(3)29)21(30)28-14-11-19(12-15-28)24(22(31)26-23(32)27-24)13-7-10-18-8-5-4-6-9-18/h4-6,8-9,16,19-20H,7,10-15H2,1-3H3,(H,25,29)(H2,26,27,31,32). The molecule has 0 aromatic heterocycles. The molecule has 8 heteroatoms. The van der Waals surface area contributed by atoms with Crippen LogP contribution in [0.15, 0.2) is 30.3 Å². The molecular weight excluding hydrogens is 408 g/mol. The van der Waals surface area contributed by atoms with Crippen molar-refractivity contribution in [2.24, 2.45) is 11.8 Å². The lowest BCUT2D eigenvalue weighted by Gasteiger charge is -2.41. The lowest BCUT2D eigenvalue weighted by atomic mass is 9.74. The molecule has 5 amide bonds. The van der Waals surface area contributed by atoms with Gasteiger partial charge >= 0.3 is 6.03 Å². The van der Waals surface area contributed by atoms with Gasteiger partial charge in [-0.05, 0) is 49.5 Å². The summed E-state index contributed by atoms with van der Waals surface area (Å²) in [4.78, 5) is 51.2. The molecule has 0 bridgehead atoms. The summed E-state index contributed by atoms with van der Waals surface area (Å²) in [5.74, 6) is -0.652. The number of nitrogens with one attached hydrogen (secondary N) is 3. The first-order valence-corrected chi connectivity index (χ1v) is 11.5. The Morgan fingerprint density at radius 3 is 2.34 bits per heavy atom. The Labute approximate surface area is 189 Å². The highest BCUT2D eigenvalue weighted by Crippen LogP contribution is 2.35. The summed E-state index contributed by atoms with van der Waals surface area (Å²) >= 11 is 0. The Hall–Kier alpha value is -2.90. The van der Waals surface area contributed by atoms with Crippen LogP contribution in [0.5, 0.6) is 0 Å². The van der Waals surface area contributed by atoms with Crippen LogP contribution in [-0.2, 0) is 20.8 Å². The van der Waals surface area contributed by atoms with Gasteiger partial charge in [0.2, 0.25) is 11.8 Å². The maximum absolute atomic E-state index is 13.0. The number of amides is 5. The van der Waals surface area contributed by atoms with Crippen molar-refractivity contribution in [2.75, 3.05) is 13.1 Å². The molecule has 2 atom stereocenters. The van der Waals surface area contributed by atoms with E-state index in [1.807, 2.05) is 32.0 Å². The first-order chi connectivity index (χ1) is 15.2. The van der Waals surface area contributed by atoms with Gasteiger partial charge in [-0.1, -0.05) is 44.2 Å². The largest absolute Gasteiger partial charge is 0.344 e. The van der Waals surface area contributed by atoms with Crippen molar-refractivity contribution < 1.29 is 19.2 Å². The van der Waals surface area contributed by atoms with Crippen LogP contribution in [0.3, 0.4) is 0 Å². The number of hydrogen-bond acceptors (Lipinski definition) is 4. The van der Waals surface area contributed by atoms with E-state index in [-0.39, 0.29) is 29.6 Å². The molecule has 3 N–H and O–H groups in total. The van der Waals surface area contributed by atoms with E-state index in [0.29, 0.717) is 32.4 Å². The fourth-order valence-electron chi connectivity index (χ4n) is 4.91. The number of imide groups is 1. The van der Waals surface area contributed by atoms with Gasteiger partial charge in [0.15, 0.2) is 0 Å². The minimum absolute atomic E-state index is 0.0200. The number of rotatable bonds is 8. The predicted octanol–water partition coefficient (Wildman–Crippen LogP) is 1.99. The van der Waals surface area contributed by atoms with Crippen molar-refractivity contribution in [1.82, 2.24) is 20.9 Å². The molecule has 2 heterocycles. The average molecular weight is 443 g/mol. The summed E-state index contributed by atoms with van der Waals surface area (Å²) in [6.45, 7) is 6.22. The zero-order valence-electron chi connectivity index (χ0n) is 19.1. The van der Waals surface area contributed by atoms with E-state index in [1.165, 1.54) is 12.5 Å². The van der Waals surface area contributed by atoms with Crippen molar-refractivity contribution in [3.8, 4) is 0 Å². The van der Waals surface area contributed by atoms with E-state index in [4.69, 9.17) is 0 Å². The Morgan fingerprint density at radius 2 is 1.81 bits per heavy atom. The van der Waals surface area contributed by atoms with Gasteiger partial charge in [0, 0.05) is 20.0 Å². The van der Waals surface area contributed by atoms with Crippen molar-refractivity contribution in [1.29, 1.82) is 0 Å². The third-order valence-electron chi connectivity index (χ3n) is 6.64. The number of urea groups is 1. The third-order valence-corrected chi connectivity index (χ3v) is 6.64. The molecule has 1 aromatic carbocycles. The van der Waals surface area contributed by atoms with Crippen LogP contribution < -0.4 is 16.0 Å². The van der Waals surface area contributed by atoms with Gasteiger partial charge in [-0.2, -0.15) is 0 Å². The maximum Gasteiger partial charge on any atom is 0.322 e. The molecule has 32 heavy (non-hydrogen) atoms. The molecule has 2 aliphatic heterocycles. The van der Waals surface area contributed by atoms with Crippen LogP contribution in [0.1, 0.15) is 52.0 Å². The second-order valence-corrected chi connectivity index (χ2v) is 9.24. The first-order valence-electron chi connectivity index (χ1n) is 11.5. The molecule has 1 aromatic rings. The zero-order valence-corrected chi connectivity index (χ0v) is 19.1. The van der Waals surface area contributed by atoms with Crippen LogP contribution in [0.4, 0.5) is 4.79 Å². The smallest absolute Gasteiger partial charge is 0.322 e. The number of carbonyl (C=O) groups excluding carboxylic acids is 4. The minimum Gasteiger partial charge on any atom is -0.344 e. The molecule has 174 valence electrons. The summed E-state index contributed by atoms with van der Waals surface area (Å²) in [5.41, 5.74) is 0.265. The topological polar surface area (TPSA) is 108 Å². The van der Waals surface area contributed by atoms with Gasteiger partial charge in [0.05, 0.1) is 0 Å². The summed E-state index contributed by atoms with van der Waals surface area (Å²) in [6, 6.07) is 9.08. The molecule has 0 aliphatic carbocycles. The number of hydrogen-bond donors (Lipinski definition) is 3. The van der Waals surface area contributed by atoms with Gasteiger partial charge in [0.1, 0.15) is 11.6 Å². The van der Waals surface area contributed by atoms with Crippen LogP contribution in [0, 0.1) is 11.8 Å². The van der Waals surface area contributed by atoms with Gasteiger partial charge in [-0.3, -0.25) is 19.7 Å². The normalized spacial score (nSPS) is 22.4. The van der Waals surface area contributed by atoms with Crippen LogP contribution in [-0.4, -0.2) is 53.3 Å². The molecule has 8 nitrogen and oxygen atoms in total. The zero-order chi connectivity index (χ0) is 23.3. The van der Waals surface area contributed by atoms with E-state index in [2.05, 4.69) is 28.1 Å². The lowest BCUT2D eigenvalue weighted by Crippen LogP contribution is -2.58. The first kappa shape index (κ1) is 23.8. The van der Waals surface area contributed by atoms with Crippen LogP contribution in [0.2, 0.25) is 0 Å². The number of piperidine rings is 1. The summed E-state index contributed by atoms with van der Waals surface area (Å²) in [6.07, 6.45) is 3.40. The highest BCUT2D eigenvalue weighted by atomic mass is 16.2. The summed E-state index contributed by atoms with van der Waals surface area (Å²) < 4.78 is 0. The van der Waals surface area contributed by atoms with E-state index in [1.54, 1.807) is 4.90 Å². The van der Waals surface area contributed by atoms with E-state index in [9.17, 15) is 19.2 Å². The number of likely N-dealkylation sites (tertiary alicyclic amines) is 1. The van der Waals surface area contributed by atoms with Gasteiger partial charge < -0.3 is 15.5 Å². The van der Waals surface area contributed by atoms with E-state index >= 15 is 0 Å². The van der Waals surface area contributed by atoms with Crippen LogP contribution in [0.25, 0.3) is 0 Å². The summed E-state index contributed by atoms with van der Waals surface area (Å²) in [7, 11) is 0. The van der Waals surface area contributed by atoms with Crippen LogP contribution >= 0.6 is 0 Å². The molecule has 0 spiro atoms. The quantitative estimate of drug-likeness (QED) is 0.535. The maximum atomic E-state index is 13.0. The minimum atomic E-state index is -0.934. The molecule has 2 unspecified atom stereocenters. The molecule has 3 rings (SSSR count). The Kier molecular flexibility index (Phi) is 7.53. The van der Waals surface area contributed by atoms with Crippen molar-refractivity contribution in [2.45, 2.75) is 64.5 Å². The second kappa shape index (κ2) is 10.1. The number of nitrogens with zero attached hydrogens (tertiary/aromatic N) is 1. The molecule has 2 fully saturated rings. The van der Waals surface area contributed by atoms with Gasteiger partial charge in [-0.25, -0.2) is 4.79 Å². The SMILES string of the molecule is CC(=O)NC(C(=O)N1CCC(C2(CCCc3ccccc3)NC(=O)NC2=O)CC1)C(C)C. The lowest BCUT2D eigenvalue weighted by molar-refractivity contribution is -0.139. The number of aryl methyl sites for hydroxylation is 1. The monoisotopic (exact) mass is 442 g/mol. The molecule has 0 radical (unpaired) electrons. The Bertz CT molecular complexity index is 849. The number of benzene rings is 1. The second-order valence-electron chi connectivity index (χ2n) is 9.24. The van der Waals surface area contributed by atoms with Crippen molar-refractivity contribution >= 4 is 23.8 Å². The molecular formula is C24H34N4O4. The average Bonchev–Trinajstić information content (AvgIpc) is 3.06. The van der Waals surface area contributed by atoms with E-state index in [0.717, 1.165) is 12.8 Å². The van der Waals surface area contributed by atoms with Crippen molar-refractivity contribution in [3.63, 3.8) is 0 Å². The fourth-order valence-corrected chi connectivity index (χ4v) is 4.91. The molecule has 2 saturated heterocycles. The fraction of sp³-hybridized carbons (Fsp3) is 0.583. The highest BCUT2D eigenvalue weighted by Gasteiger charge is 2.52. The third kappa shape index (κ3) is 5.29. The number of carbonyl (C=O) groups is 4. The molecule has 0 saturated carbocycles. The Morgan fingerprint density at radius 1 is 1.16 bits per heavy atom. The molecule has 2 aliphatic rings. The van der Waals surface area contributed by atoms with Gasteiger partial charge in [-0.15, -0.1) is 0 Å². The van der Waals surface area contributed by atoms with Gasteiger partial charge in [0.25, 0.3) is 5.91 Å². The predicted molar refractivity (Wildman–Crippen MR) is 121 cm³/mol. The Balaban J connectivity index is 1.65. The summed E-state index contributed by atoms with van der Waals surface area (Å²) in [5, 5.41) is 8.10.